The lowest BCUT2D eigenvalue weighted by molar-refractivity contribution is -0.150. The second-order valence-electron chi connectivity index (χ2n) is 6.88. The van der Waals surface area contributed by atoms with Crippen molar-refractivity contribution in [1.82, 2.24) is 4.90 Å². The van der Waals surface area contributed by atoms with Gasteiger partial charge in [0.05, 0.1) is 11.1 Å². The molecule has 1 aliphatic heterocycles. The molecular formula is C23H18N2O5. The van der Waals surface area contributed by atoms with E-state index in [0.29, 0.717) is 5.69 Å². The number of nitrogens with one attached hydrogen (secondary N) is 1. The maximum atomic E-state index is 12.5. The molecule has 3 aromatic rings. The number of ether oxygens (including phenoxy) is 1. The second kappa shape index (κ2) is 7.79. The zero-order valence-electron chi connectivity index (χ0n) is 16.1. The van der Waals surface area contributed by atoms with E-state index >= 15 is 0 Å². The van der Waals surface area contributed by atoms with Gasteiger partial charge in [0.25, 0.3) is 17.7 Å². The standard InChI is InChI=1S/C23H18N2O5/c1-14(25-21(27)17-10-4-5-11-18(17)22(25)28)23(29)30-13-20(26)24-19-12-6-8-15-7-2-3-9-16(15)19/h2-12,14H,13H2,1H3,(H,24,26)/t14-/m1/s1. The average Bonchev–Trinajstić information content (AvgIpc) is 3.02. The van der Waals surface area contributed by atoms with Crippen LogP contribution in [0.4, 0.5) is 5.69 Å². The van der Waals surface area contributed by atoms with Gasteiger partial charge in [0.1, 0.15) is 6.04 Å². The number of carbonyl (C=O) groups excluding carboxylic acids is 4. The number of hydrogen-bond donors (Lipinski definition) is 1. The van der Waals surface area contributed by atoms with Gasteiger partial charge in [-0.2, -0.15) is 0 Å². The SMILES string of the molecule is C[C@H](C(=O)OCC(=O)Nc1cccc2ccccc12)N1C(=O)c2ccccc2C1=O. The zero-order valence-corrected chi connectivity index (χ0v) is 16.1. The Morgan fingerprint density at radius 1 is 0.900 bits per heavy atom. The maximum Gasteiger partial charge on any atom is 0.329 e. The van der Waals surface area contributed by atoms with Crippen molar-refractivity contribution < 1.29 is 23.9 Å². The van der Waals surface area contributed by atoms with Crippen LogP contribution >= 0.6 is 0 Å². The number of hydrogen-bond acceptors (Lipinski definition) is 5. The molecule has 4 rings (SSSR count). The molecule has 1 heterocycles. The van der Waals surface area contributed by atoms with Crippen molar-refractivity contribution in [1.29, 1.82) is 0 Å². The molecule has 0 fully saturated rings. The van der Waals surface area contributed by atoms with Gasteiger partial charge in [0, 0.05) is 11.1 Å². The molecule has 30 heavy (non-hydrogen) atoms. The summed E-state index contributed by atoms with van der Waals surface area (Å²) in [5.41, 5.74) is 1.09. The Morgan fingerprint density at radius 2 is 1.50 bits per heavy atom. The molecule has 0 aliphatic carbocycles. The predicted molar refractivity (Wildman–Crippen MR) is 110 cm³/mol. The second-order valence-corrected chi connectivity index (χ2v) is 6.88. The first-order valence-corrected chi connectivity index (χ1v) is 9.38. The molecule has 3 aromatic carbocycles. The zero-order chi connectivity index (χ0) is 21.3. The van der Waals surface area contributed by atoms with Crippen LogP contribution in [0.5, 0.6) is 0 Å². The van der Waals surface area contributed by atoms with Crippen LogP contribution in [0.15, 0.2) is 66.7 Å². The summed E-state index contributed by atoms with van der Waals surface area (Å²) < 4.78 is 5.06. The van der Waals surface area contributed by atoms with Crippen molar-refractivity contribution in [3.8, 4) is 0 Å². The summed E-state index contributed by atoms with van der Waals surface area (Å²) in [5.74, 6) is -2.47. The quantitative estimate of drug-likeness (QED) is 0.523. The molecule has 0 aromatic heterocycles. The van der Waals surface area contributed by atoms with Crippen molar-refractivity contribution in [3.05, 3.63) is 77.9 Å². The molecule has 0 spiro atoms. The smallest absolute Gasteiger partial charge is 0.329 e. The first kappa shape index (κ1) is 19.3. The van der Waals surface area contributed by atoms with Crippen molar-refractivity contribution >= 4 is 40.2 Å². The van der Waals surface area contributed by atoms with E-state index < -0.39 is 36.3 Å². The van der Waals surface area contributed by atoms with E-state index in [1.807, 2.05) is 36.4 Å². The number of anilines is 1. The fourth-order valence-electron chi connectivity index (χ4n) is 3.44. The highest BCUT2D eigenvalue weighted by Crippen LogP contribution is 2.25. The normalized spacial score (nSPS) is 13.8. The van der Waals surface area contributed by atoms with Crippen LogP contribution in [0.2, 0.25) is 0 Å². The molecule has 150 valence electrons. The van der Waals surface area contributed by atoms with Gasteiger partial charge < -0.3 is 10.1 Å². The topological polar surface area (TPSA) is 92.8 Å². The van der Waals surface area contributed by atoms with Gasteiger partial charge in [0.2, 0.25) is 0 Å². The summed E-state index contributed by atoms with van der Waals surface area (Å²) in [6.07, 6.45) is 0. The Morgan fingerprint density at radius 3 is 2.20 bits per heavy atom. The molecule has 0 unspecified atom stereocenters. The molecule has 1 aliphatic rings. The molecule has 0 radical (unpaired) electrons. The number of benzene rings is 3. The number of imide groups is 1. The van der Waals surface area contributed by atoms with E-state index in [2.05, 4.69) is 5.32 Å². The predicted octanol–water partition coefficient (Wildman–Crippen LogP) is 3.01. The van der Waals surface area contributed by atoms with Gasteiger partial charge in [0.15, 0.2) is 6.61 Å². The van der Waals surface area contributed by atoms with Gasteiger partial charge in [-0.1, -0.05) is 48.5 Å². The highest BCUT2D eigenvalue weighted by molar-refractivity contribution is 6.22. The number of carbonyl (C=O) groups is 4. The van der Waals surface area contributed by atoms with Crippen LogP contribution in [-0.4, -0.2) is 41.2 Å². The van der Waals surface area contributed by atoms with Gasteiger partial charge in [-0.3, -0.25) is 19.3 Å². The number of fused-ring (bicyclic) bond motifs is 2. The molecular weight excluding hydrogens is 384 g/mol. The van der Waals surface area contributed by atoms with Gasteiger partial charge in [-0.25, -0.2) is 4.79 Å². The monoisotopic (exact) mass is 402 g/mol. The van der Waals surface area contributed by atoms with Crippen molar-refractivity contribution in [2.45, 2.75) is 13.0 Å². The summed E-state index contributed by atoms with van der Waals surface area (Å²) in [6, 6.07) is 18.3. The molecule has 0 saturated carbocycles. The van der Waals surface area contributed by atoms with E-state index in [-0.39, 0.29) is 11.1 Å². The number of nitrogens with zero attached hydrogens (tertiary/aromatic N) is 1. The molecule has 1 atom stereocenters. The lowest BCUT2D eigenvalue weighted by Gasteiger charge is -2.20. The van der Waals surface area contributed by atoms with E-state index in [4.69, 9.17) is 4.74 Å². The third-order valence-electron chi connectivity index (χ3n) is 4.96. The van der Waals surface area contributed by atoms with Crippen LogP contribution in [-0.2, 0) is 14.3 Å². The lowest BCUT2D eigenvalue weighted by atomic mass is 10.1. The third-order valence-corrected chi connectivity index (χ3v) is 4.96. The average molecular weight is 402 g/mol. The third kappa shape index (κ3) is 3.41. The fourth-order valence-corrected chi connectivity index (χ4v) is 3.44. The Balaban J connectivity index is 1.39. The van der Waals surface area contributed by atoms with Crippen LogP contribution in [0.25, 0.3) is 10.8 Å². The van der Waals surface area contributed by atoms with Crippen molar-refractivity contribution in [3.63, 3.8) is 0 Å². The molecule has 1 N–H and O–H groups in total. The van der Waals surface area contributed by atoms with Crippen LogP contribution in [0.3, 0.4) is 0 Å². The van der Waals surface area contributed by atoms with Gasteiger partial charge >= 0.3 is 5.97 Å². The molecule has 0 saturated heterocycles. The minimum absolute atomic E-state index is 0.246. The van der Waals surface area contributed by atoms with E-state index in [1.54, 1.807) is 18.2 Å². The molecule has 3 amide bonds. The van der Waals surface area contributed by atoms with Crippen molar-refractivity contribution in [2.24, 2.45) is 0 Å². The Bertz CT molecular complexity index is 1150. The summed E-state index contributed by atoms with van der Waals surface area (Å²) in [5, 5.41) is 4.54. The number of rotatable bonds is 5. The van der Waals surface area contributed by atoms with Crippen LogP contribution in [0.1, 0.15) is 27.6 Å². The fraction of sp³-hybridized carbons (Fsp3) is 0.130. The summed E-state index contributed by atoms with van der Waals surface area (Å²) in [7, 11) is 0. The van der Waals surface area contributed by atoms with Gasteiger partial charge in [-0.15, -0.1) is 0 Å². The Labute approximate surface area is 172 Å². The van der Waals surface area contributed by atoms with E-state index in [1.165, 1.54) is 19.1 Å². The Hall–Kier alpha value is -4.00. The summed E-state index contributed by atoms with van der Waals surface area (Å²) in [4.78, 5) is 50.5. The summed E-state index contributed by atoms with van der Waals surface area (Å²) in [6.45, 7) is 0.863. The lowest BCUT2D eigenvalue weighted by Crippen LogP contribution is -2.44. The number of esters is 1. The first-order valence-electron chi connectivity index (χ1n) is 9.38. The minimum atomic E-state index is -1.15. The number of amides is 3. The highest BCUT2D eigenvalue weighted by atomic mass is 16.5. The highest BCUT2D eigenvalue weighted by Gasteiger charge is 2.41. The summed E-state index contributed by atoms with van der Waals surface area (Å²) >= 11 is 0. The molecule has 0 bridgehead atoms. The van der Waals surface area contributed by atoms with E-state index in [0.717, 1.165) is 15.7 Å². The van der Waals surface area contributed by atoms with E-state index in [9.17, 15) is 19.2 Å². The molecule has 7 heteroatoms. The van der Waals surface area contributed by atoms with Crippen LogP contribution in [0, 0.1) is 0 Å². The van der Waals surface area contributed by atoms with Crippen molar-refractivity contribution in [2.75, 3.05) is 11.9 Å². The largest absolute Gasteiger partial charge is 0.454 e. The van der Waals surface area contributed by atoms with Gasteiger partial charge in [-0.05, 0) is 30.5 Å². The Kier molecular flexibility index (Phi) is 5.02. The maximum absolute atomic E-state index is 12.5. The minimum Gasteiger partial charge on any atom is -0.454 e. The van der Waals surface area contributed by atoms with Crippen LogP contribution < -0.4 is 5.32 Å². The molecule has 7 nitrogen and oxygen atoms in total. The first-order chi connectivity index (χ1) is 14.5.